The van der Waals surface area contributed by atoms with Crippen molar-refractivity contribution in [3.8, 4) is 0 Å². The standard InChI is InChI=1S/C13H22S/c1-11(10-13(2,3)4)7-8-12-6-5-9-14-12/h5-6,9,11H,7-8,10H2,1-4H3. The van der Waals surface area contributed by atoms with Gasteiger partial charge >= 0.3 is 0 Å². The van der Waals surface area contributed by atoms with E-state index in [9.17, 15) is 0 Å². The van der Waals surface area contributed by atoms with Crippen LogP contribution in [0, 0.1) is 11.3 Å². The molecule has 0 nitrogen and oxygen atoms in total. The van der Waals surface area contributed by atoms with E-state index in [0.29, 0.717) is 5.41 Å². The van der Waals surface area contributed by atoms with E-state index in [4.69, 9.17) is 0 Å². The molecule has 0 bridgehead atoms. The van der Waals surface area contributed by atoms with Crippen LogP contribution in [-0.4, -0.2) is 0 Å². The van der Waals surface area contributed by atoms with Gasteiger partial charge in [0.25, 0.3) is 0 Å². The van der Waals surface area contributed by atoms with Gasteiger partial charge in [-0.15, -0.1) is 11.3 Å². The van der Waals surface area contributed by atoms with Gasteiger partial charge in [0.05, 0.1) is 0 Å². The molecule has 1 aromatic rings. The fourth-order valence-corrected chi connectivity index (χ4v) is 2.72. The molecule has 0 radical (unpaired) electrons. The third kappa shape index (κ3) is 4.80. The summed E-state index contributed by atoms with van der Waals surface area (Å²) in [7, 11) is 0. The van der Waals surface area contributed by atoms with Gasteiger partial charge in [0.1, 0.15) is 0 Å². The van der Waals surface area contributed by atoms with Gasteiger partial charge < -0.3 is 0 Å². The van der Waals surface area contributed by atoms with Gasteiger partial charge in [-0.3, -0.25) is 0 Å². The van der Waals surface area contributed by atoms with Gasteiger partial charge in [-0.1, -0.05) is 33.8 Å². The molecule has 0 aliphatic carbocycles. The van der Waals surface area contributed by atoms with Crippen molar-refractivity contribution in [3.05, 3.63) is 22.4 Å². The summed E-state index contributed by atoms with van der Waals surface area (Å²) in [5.74, 6) is 0.845. The smallest absolute Gasteiger partial charge is 0.00453 e. The van der Waals surface area contributed by atoms with Crippen LogP contribution in [0.4, 0.5) is 0 Å². The Morgan fingerprint density at radius 1 is 1.36 bits per heavy atom. The molecule has 1 atom stereocenters. The highest BCUT2D eigenvalue weighted by atomic mass is 32.1. The first-order valence-electron chi connectivity index (χ1n) is 5.50. The number of hydrogen-bond donors (Lipinski definition) is 0. The second kappa shape index (κ2) is 4.97. The largest absolute Gasteiger partial charge is 0.149 e. The van der Waals surface area contributed by atoms with Crippen LogP contribution in [0.1, 0.15) is 45.4 Å². The SMILES string of the molecule is CC(CCc1cccs1)CC(C)(C)C. The summed E-state index contributed by atoms with van der Waals surface area (Å²) < 4.78 is 0. The summed E-state index contributed by atoms with van der Waals surface area (Å²) in [6, 6.07) is 4.39. The molecule has 0 aromatic carbocycles. The molecule has 0 aliphatic rings. The first-order chi connectivity index (χ1) is 6.47. The molecule has 0 amide bonds. The first-order valence-corrected chi connectivity index (χ1v) is 6.38. The molecular formula is C13H22S. The Labute approximate surface area is 92.4 Å². The highest BCUT2D eigenvalue weighted by molar-refractivity contribution is 7.09. The van der Waals surface area contributed by atoms with Crippen molar-refractivity contribution in [3.63, 3.8) is 0 Å². The summed E-state index contributed by atoms with van der Waals surface area (Å²) in [5, 5.41) is 2.17. The average molecular weight is 210 g/mol. The lowest BCUT2D eigenvalue weighted by atomic mass is 9.83. The van der Waals surface area contributed by atoms with Crippen LogP contribution in [0.3, 0.4) is 0 Å². The maximum atomic E-state index is 2.37. The minimum absolute atomic E-state index is 0.481. The first kappa shape index (κ1) is 11.8. The van der Waals surface area contributed by atoms with Crippen LogP contribution in [0.25, 0.3) is 0 Å². The summed E-state index contributed by atoms with van der Waals surface area (Å²) in [6.45, 7) is 9.36. The second-order valence-corrected chi connectivity index (χ2v) is 6.52. The second-order valence-electron chi connectivity index (χ2n) is 5.49. The maximum absolute atomic E-state index is 2.37. The van der Waals surface area contributed by atoms with E-state index >= 15 is 0 Å². The predicted octanol–water partition coefficient (Wildman–Crippen LogP) is 4.75. The Kier molecular flexibility index (Phi) is 4.18. The number of thiophene rings is 1. The van der Waals surface area contributed by atoms with Crippen molar-refractivity contribution in [1.82, 2.24) is 0 Å². The Bertz CT molecular complexity index is 241. The molecule has 0 spiro atoms. The van der Waals surface area contributed by atoms with E-state index < -0.39 is 0 Å². The molecule has 1 heteroatoms. The monoisotopic (exact) mass is 210 g/mol. The summed E-state index contributed by atoms with van der Waals surface area (Å²) >= 11 is 1.88. The number of aryl methyl sites for hydroxylation is 1. The van der Waals surface area contributed by atoms with Gasteiger partial charge in [0.2, 0.25) is 0 Å². The van der Waals surface area contributed by atoms with Gasteiger partial charge in [0.15, 0.2) is 0 Å². The molecule has 0 aliphatic heterocycles. The van der Waals surface area contributed by atoms with Crippen LogP contribution in [-0.2, 0) is 6.42 Å². The van der Waals surface area contributed by atoms with Crippen LogP contribution in [0.2, 0.25) is 0 Å². The summed E-state index contributed by atoms with van der Waals surface area (Å²) in [4.78, 5) is 1.53. The molecule has 0 N–H and O–H groups in total. The third-order valence-corrected chi connectivity index (χ3v) is 3.36. The lowest BCUT2D eigenvalue weighted by molar-refractivity contribution is 0.297. The van der Waals surface area contributed by atoms with Gasteiger partial charge in [-0.25, -0.2) is 0 Å². The zero-order valence-electron chi connectivity index (χ0n) is 9.84. The van der Waals surface area contributed by atoms with Crippen molar-refractivity contribution >= 4 is 11.3 Å². The van der Waals surface area contributed by atoms with Crippen LogP contribution in [0.5, 0.6) is 0 Å². The lowest BCUT2D eigenvalue weighted by Gasteiger charge is -2.22. The highest BCUT2D eigenvalue weighted by Crippen LogP contribution is 2.27. The summed E-state index contributed by atoms with van der Waals surface area (Å²) in [5.41, 5.74) is 0.481. The zero-order chi connectivity index (χ0) is 10.6. The van der Waals surface area contributed by atoms with Crippen LogP contribution >= 0.6 is 11.3 Å². The van der Waals surface area contributed by atoms with E-state index in [1.54, 1.807) is 0 Å². The Morgan fingerprint density at radius 2 is 2.07 bits per heavy atom. The van der Waals surface area contributed by atoms with E-state index in [0.717, 1.165) is 5.92 Å². The summed E-state index contributed by atoms with van der Waals surface area (Å²) in [6.07, 6.45) is 3.92. The molecule has 0 saturated heterocycles. The van der Waals surface area contributed by atoms with Gasteiger partial charge in [0, 0.05) is 4.88 Å². The number of rotatable bonds is 4. The fraction of sp³-hybridized carbons (Fsp3) is 0.692. The van der Waals surface area contributed by atoms with Crippen molar-refractivity contribution in [2.24, 2.45) is 11.3 Å². The minimum atomic E-state index is 0.481. The highest BCUT2D eigenvalue weighted by Gasteiger charge is 2.14. The normalized spacial score (nSPS) is 14.3. The van der Waals surface area contributed by atoms with Crippen molar-refractivity contribution in [1.29, 1.82) is 0 Å². The minimum Gasteiger partial charge on any atom is -0.149 e. The van der Waals surface area contributed by atoms with E-state index in [-0.39, 0.29) is 0 Å². The topological polar surface area (TPSA) is 0 Å². The Hall–Kier alpha value is -0.300. The van der Waals surface area contributed by atoms with Gasteiger partial charge in [-0.2, -0.15) is 0 Å². The predicted molar refractivity (Wildman–Crippen MR) is 65.9 cm³/mol. The molecule has 0 saturated carbocycles. The lowest BCUT2D eigenvalue weighted by Crippen LogP contribution is -2.11. The molecule has 0 fully saturated rings. The van der Waals surface area contributed by atoms with Crippen molar-refractivity contribution in [2.45, 2.75) is 47.0 Å². The van der Waals surface area contributed by atoms with Crippen molar-refractivity contribution in [2.75, 3.05) is 0 Å². The fourth-order valence-electron chi connectivity index (χ4n) is 1.99. The van der Waals surface area contributed by atoms with Crippen LogP contribution in [0.15, 0.2) is 17.5 Å². The Morgan fingerprint density at radius 3 is 2.57 bits per heavy atom. The average Bonchev–Trinajstić information content (AvgIpc) is 2.49. The zero-order valence-corrected chi connectivity index (χ0v) is 10.7. The molecule has 1 heterocycles. The quantitative estimate of drug-likeness (QED) is 0.672. The van der Waals surface area contributed by atoms with E-state index in [1.807, 2.05) is 11.3 Å². The molecule has 80 valence electrons. The molecule has 1 aromatic heterocycles. The molecule has 1 unspecified atom stereocenters. The molecule has 1 rings (SSSR count). The van der Waals surface area contributed by atoms with E-state index in [1.165, 1.54) is 24.1 Å². The van der Waals surface area contributed by atoms with Crippen molar-refractivity contribution < 1.29 is 0 Å². The maximum Gasteiger partial charge on any atom is 0.00453 e. The third-order valence-electron chi connectivity index (χ3n) is 2.42. The number of hydrogen-bond acceptors (Lipinski definition) is 1. The van der Waals surface area contributed by atoms with E-state index in [2.05, 4.69) is 45.2 Å². The Balaban J connectivity index is 2.25. The van der Waals surface area contributed by atoms with Gasteiger partial charge in [-0.05, 0) is 42.0 Å². The van der Waals surface area contributed by atoms with Crippen LogP contribution < -0.4 is 0 Å². The molecule has 14 heavy (non-hydrogen) atoms. The molecular weight excluding hydrogens is 188 g/mol.